The van der Waals surface area contributed by atoms with E-state index in [-0.39, 0.29) is 0 Å². The Kier molecular flexibility index (Phi) is 7.28. The van der Waals surface area contributed by atoms with Gasteiger partial charge in [0.05, 0.1) is 0 Å². The highest BCUT2D eigenvalue weighted by molar-refractivity contribution is 4.86. The molecule has 0 aromatic heterocycles. The molecule has 1 nitrogen and oxygen atoms in total. The van der Waals surface area contributed by atoms with Crippen LogP contribution in [0.5, 0.6) is 0 Å². The molecule has 0 aromatic rings. The Morgan fingerprint density at radius 3 is 2.33 bits per heavy atom. The van der Waals surface area contributed by atoms with Gasteiger partial charge >= 0.3 is 0 Å². The molecule has 0 radical (unpaired) electrons. The first-order valence-corrected chi connectivity index (χ1v) is 6.42. The zero-order valence-corrected chi connectivity index (χ0v) is 9.96. The van der Waals surface area contributed by atoms with Crippen molar-refractivity contribution < 1.29 is 0 Å². The number of unbranched alkanes of at least 4 members (excludes halogenated alkanes) is 2. The highest BCUT2D eigenvalue weighted by atomic mass is 15.1. The van der Waals surface area contributed by atoms with Crippen molar-refractivity contribution in [3.63, 3.8) is 0 Å². The topological polar surface area (TPSA) is 3.24 Å². The summed E-state index contributed by atoms with van der Waals surface area (Å²) in [6.45, 7) is 7.50. The summed E-state index contributed by atoms with van der Waals surface area (Å²) < 4.78 is 0. The fourth-order valence-corrected chi connectivity index (χ4v) is 2.04. The van der Waals surface area contributed by atoms with Crippen molar-refractivity contribution in [2.24, 2.45) is 0 Å². The van der Waals surface area contributed by atoms with Crippen LogP contribution in [0, 0.1) is 0 Å². The van der Waals surface area contributed by atoms with Gasteiger partial charge in [0.15, 0.2) is 0 Å². The lowest BCUT2D eigenvalue weighted by atomic mass is 10.2. The van der Waals surface area contributed by atoms with Crippen LogP contribution in [0.4, 0.5) is 0 Å². The lowest BCUT2D eigenvalue weighted by Crippen LogP contribution is -2.24. The smallest absolute Gasteiger partial charge is 0.0163 e. The maximum atomic E-state index is 3.73. The Morgan fingerprint density at radius 2 is 1.67 bits per heavy atom. The van der Waals surface area contributed by atoms with Crippen molar-refractivity contribution in [1.29, 1.82) is 0 Å². The number of rotatable bonds is 6. The summed E-state index contributed by atoms with van der Waals surface area (Å²) in [5.74, 6) is 0. The second kappa shape index (κ2) is 8.72. The Labute approximate surface area is 94.9 Å². The SMILES string of the molecule is C=CCCC/C=C/CN1CCCCCC1. The zero-order valence-electron chi connectivity index (χ0n) is 9.96. The summed E-state index contributed by atoms with van der Waals surface area (Å²) in [5.41, 5.74) is 0. The van der Waals surface area contributed by atoms with Gasteiger partial charge in [-0.3, -0.25) is 4.90 Å². The molecule has 1 heteroatoms. The van der Waals surface area contributed by atoms with Crippen LogP contribution in [0.1, 0.15) is 44.9 Å². The summed E-state index contributed by atoms with van der Waals surface area (Å²) >= 11 is 0. The van der Waals surface area contributed by atoms with Crippen LogP contribution in [0.15, 0.2) is 24.8 Å². The molecular formula is C14H25N. The van der Waals surface area contributed by atoms with Gasteiger partial charge in [0, 0.05) is 6.54 Å². The van der Waals surface area contributed by atoms with Crippen LogP contribution < -0.4 is 0 Å². The molecule has 0 unspecified atom stereocenters. The molecule has 0 saturated carbocycles. The third-order valence-electron chi connectivity index (χ3n) is 3.01. The van der Waals surface area contributed by atoms with Crippen LogP contribution in [-0.2, 0) is 0 Å². The summed E-state index contributed by atoms with van der Waals surface area (Å²) in [4.78, 5) is 2.58. The van der Waals surface area contributed by atoms with E-state index in [1.165, 1.54) is 51.6 Å². The third kappa shape index (κ3) is 6.51. The van der Waals surface area contributed by atoms with Crippen LogP contribution in [-0.4, -0.2) is 24.5 Å². The first kappa shape index (κ1) is 12.5. The molecule has 15 heavy (non-hydrogen) atoms. The van der Waals surface area contributed by atoms with Crippen LogP contribution in [0.2, 0.25) is 0 Å². The van der Waals surface area contributed by atoms with Gasteiger partial charge < -0.3 is 0 Å². The molecule has 1 heterocycles. The Hall–Kier alpha value is -0.560. The van der Waals surface area contributed by atoms with Crippen molar-refractivity contribution in [3.05, 3.63) is 24.8 Å². The van der Waals surface area contributed by atoms with Crippen molar-refractivity contribution in [1.82, 2.24) is 4.90 Å². The van der Waals surface area contributed by atoms with Crippen molar-refractivity contribution >= 4 is 0 Å². The van der Waals surface area contributed by atoms with Gasteiger partial charge in [-0.1, -0.05) is 31.1 Å². The predicted molar refractivity (Wildman–Crippen MR) is 68.1 cm³/mol. The highest BCUT2D eigenvalue weighted by Crippen LogP contribution is 2.09. The lowest BCUT2D eigenvalue weighted by molar-refractivity contribution is 0.315. The van der Waals surface area contributed by atoms with Crippen LogP contribution in [0.3, 0.4) is 0 Å². The monoisotopic (exact) mass is 207 g/mol. The Bertz CT molecular complexity index is 176. The van der Waals surface area contributed by atoms with E-state index in [4.69, 9.17) is 0 Å². The molecule has 1 aliphatic rings. The Balaban J connectivity index is 2.03. The number of allylic oxidation sites excluding steroid dienone is 2. The van der Waals surface area contributed by atoms with E-state index < -0.39 is 0 Å². The van der Waals surface area contributed by atoms with Gasteiger partial charge in [0.2, 0.25) is 0 Å². The largest absolute Gasteiger partial charge is 0.300 e. The number of hydrogen-bond donors (Lipinski definition) is 0. The number of likely N-dealkylation sites (tertiary alicyclic amines) is 1. The average Bonchev–Trinajstić information content (AvgIpc) is 2.52. The maximum absolute atomic E-state index is 3.73. The molecule has 1 aliphatic heterocycles. The number of hydrogen-bond acceptors (Lipinski definition) is 1. The van der Waals surface area contributed by atoms with Crippen LogP contribution >= 0.6 is 0 Å². The van der Waals surface area contributed by atoms with Gasteiger partial charge in [-0.15, -0.1) is 6.58 Å². The minimum absolute atomic E-state index is 1.15. The van der Waals surface area contributed by atoms with Gasteiger partial charge in [0.25, 0.3) is 0 Å². The normalized spacial score (nSPS) is 19.2. The molecule has 0 aromatic carbocycles. The zero-order chi connectivity index (χ0) is 10.8. The molecule has 0 aliphatic carbocycles. The van der Waals surface area contributed by atoms with E-state index in [1.54, 1.807) is 0 Å². The molecule has 1 saturated heterocycles. The van der Waals surface area contributed by atoms with Crippen molar-refractivity contribution in [2.75, 3.05) is 19.6 Å². The van der Waals surface area contributed by atoms with Crippen LogP contribution in [0.25, 0.3) is 0 Å². The van der Waals surface area contributed by atoms with E-state index in [9.17, 15) is 0 Å². The predicted octanol–water partition coefficient (Wildman–Crippen LogP) is 3.77. The van der Waals surface area contributed by atoms with Gasteiger partial charge in [0.1, 0.15) is 0 Å². The second-order valence-corrected chi connectivity index (χ2v) is 4.41. The van der Waals surface area contributed by atoms with Gasteiger partial charge in [-0.25, -0.2) is 0 Å². The summed E-state index contributed by atoms with van der Waals surface area (Å²) in [6, 6.07) is 0. The van der Waals surface area contributed by atoms with E-state index in [2.05, 4.69) is 23.6 Å². The van der Waals surface area contributed by atoms with E-state index in [0.717, 1.165) is 13.0 Å². The van der Waals surface area contributed by atoms with Gasteiger partial charge in [-0.05, 0) is 45.2 Å². The van der Waals surface area contributed by atoms with E-state index in [1.807, 2.05) is 6.08 Å². The standard InChI is InChI=1S/C14H25N/c1-2-3-4-5-6-9-12-15-13-10-7-8-11-14-15/h2,6,9H,1,3-5,7-8,10-14H2/b9-6+. The van der Waals surface area contributed by atoms with Crippen molar-refractivity contribution in [3.8, 4) is 0 Å². The third-order valence-corrected chi connectivity index (χ3v) is 3.01. The lowest BCUT2D eigenvalue weighted by Gasteiger charge is -2.16. The fraction of sp³-hybridized carbons (Fsp3) is 0.714. The quantitative estimate of drug-likeness (QED) is 0.473. The molecule has 1 fully saturated rings. The fourth-order valence-electron chi connectivity index (χ4n) is 2.04. The number of nitrogens with zero attached hydrogens (tertiary/aromatic N) is 1. The van der Waals surface area contributed by atoms with E-state index in [0.29, 0.717) is 0 Å². The summed E-state index contributed by atoms with van der Waals surface area (Å²) in [7, 11) is 0. The van der Waals surface area contributed by atoms with Gasteiger partial charge in [-0.2, -0.15) is 0 Å². The molecule has 0 bridgehead atoms. The molecule has 0 N–H and O–H groups in total. The summed E-state index contributed by atoms with van der Waals surface area (Å²) in [5, 5.41) is 0. The minimum atomic E-state index is 1.15. The second-order valence-electron chi connectivity index (χ2n) is 4.41. The van der Waals surface area contributed by atoms with Crippen molar-refractivity contribution in [2.45, 2.75) is 44.9 Å². The maximum Gasteiger partial charge on any atom is 0.0163 e. The molecule has 86 valence electrons. The molecule has 0 amide bonds. The first-order valence-electron chi connectivity index (χ1n) is 6.42. The molecule has 0 spiro atoms. The first-order chi connectivity index (χ1) is 7.43. The molecule has 0 atom stereocenters. The highest BCUT2D eigenvalue weighted by Gasteiger charge is 2.05. The molecule has 1 rings (SSSR count). The Morgan fingerprint density at radius 1 is 0.933 bits per heavy atom. The molecular weight excluding hydrogens is 182 g/mol. The minimum Gasteiger partial charge on any atom is -0.300 e. The average molecular weight is 207 g/mol. The summed E-state index contributed by atoms with van der Waals surface area (Å²) in [6.07, 6.45) is 15.9. The van der Waals surface area contributed by atoms with E-state index >= 15 is 0 Å².